The topological polar surface area (TPSA) is 58.6 Å². The van der Waals surface area contributed by atoms with E-state index in [9.17, 15) is 9.59 Å². The molecule has 1 N–H and O–H groups in total. The van der Waals surface area contributed by atoms with Crippen molar-refractivity contribution in [1.29, 1.82) is 0 Å². The highest BCUT2D eigenvalue weighted by Gasteiger charge is 2.20. The zero-order chi connectivity index (χ0) is 21.9. The average molecular weight is 395 g/mol. The van der Waals surface area contributed by atoms with E-state index in [4.69, 9.17) is 0 Å². The first-order chi connectivity index (χ1) is 13.4. The van der Waals surface area contributed by atoms with Gasteiger partial charge in [0, 0.05) is 11.7 Å². The highest BCUT2D eigenvalue weighted by molar-refractivity contribution is 5.75. The van der Waals surface area contributed by atoms with E-state index in [1.807, 2.05) is 45.9 Å². The first-order valence-electron chi connectivity index (χ1n) is 10.5. The monoisotopic (exact) mass is 394 g/mol. The van der Waals surface area contributed by atoms with Gasteiger partial charge in [0.15, 0.2) is 0 Å². The summed E-state index contributed by atoms with van der Waals surface area (Å²) < 4.78 is 4.62. The van der Waals surface area contributed by atoms with Gasteiger partial charge in [-0.05, 0) is 51.3 Å². The SMILES string of the molecule is CC.CCC.COC(=O)CN1CCCCC1C.Cc1cccc(C)c1NC=O. The van der Waals surface area contributed by atoms with Crippen molar-refractivity contribution in [2.24, 2.45) is 0 Å². The molecule has 1 aromatic carbocycles. The number of esters is 1. The summed E-state index contributed by atoms with van der Waals surface area (Å²) in [5.74, 6) is -0.122. The van der Waals surface area contributed by atoms with Gasteiger partial charge in [0.2, 0.25) is 6.41 Å². The van der Waals surface area contributed by atoms with Crippen LogP contribution in [-0.4, -0.2) is 43.5 Å². The zero-order valence-electron chi connectivity index (χ0n) is 19.3. The number of rotatable bonds is 4. The number of hydrogen-bond donors (Lipinski definition) is 1. The van der Waals surface area contributed by atoms with E-state index in [0.717, 1.165) is 23.4 Å². The summed E-state index contributed by atoms with van der Waals surface area (Å²) >= 11 is 0. The first kappa shape index (κ1) is 28.3. The van der Waals surface area contributed by atoms with Gasteiger partial charge in [-0.2, -0.15) is 0 Å². The molecular formula is C23H42N2O3. The van der Waals surface area contributed by atoms with Crippen LogP contribution in [0.4, 0.5) is 5.69 Å². The van der Waals surface area contributed by atoms with Gasteiger partial charge >= 0.3 is 5.97 Å². The highest BCUT2D eigenvalue weighted by Crippen LogP contribution is 2.18. The minimum atomic E-state index is -0.122. The predicted octanol–water partition coefficient (Wildman–Crippen LogP) is 5.35. The van der Waals surface area contributed by atoms with E-state index in [1.54, 1.807) is 0 Å². The largest absolute Gasteiger partial charge is 0.468 e. The number of hydrogen-bond acceptors (Lipinski definition) is 4. The van der Waals surface area contributed by atoms with Crippen LogP contribution in [0.3, 0.4) is 0 Å². The van der Waals surface area contributed by atoms with Gasteiger partial charge in [-0.25, -0.2) is 0 Å². The maximum Gasteiger partial charge on any atom is 0.319 e. The van der Waals surface area contributed by atoms with Crippen LogP contribution in [0.1, 0.15) is 71.4 Å². The van der Waals surface area contributed by atoms with Crippen LogP contribution in [0.2, 0.25) is 0 Å². The van der Waals surface area contributed by atoms with E-state index in [-0.39, 0.29) is 5.97 Å². The Balaban J connectivity index is 0. The summed E-state index contributed by atoms with van der Waals surface area (Å²) in [6.07, 6.45) is 5.66. The molecule has 0 saturated carbocycles. The number of para-hydroxylation sites is 1. The molecule has 5 nitrogen and oxygen atoms in total. The summed E-state index contributed by atoms with van der Waals surface area (Å²) in [6, 6.07) is 6.45. The number of anilines is 1. The first-order valence-corrected chi connectivity index (χ1v) is 10.5. The molecule has 0 radical (unpaired) electrons. The summed E-state index contributed by atoms with van der Waals surface area (Å²) in [4.78, 5) is 23.3. The number of nitrogens with zero attached hydrogens (tertiary/aromatic N) is 1. The summed E-state index contributed by atoms with van der Waals surface area (Å²) in [5, 5.41) is 2.66. The number of benzene rings is 1. The molecule has 5 heteroatoms. The highest BCUT2D eigenvalue weighted by atomic mass is 16.5. The minimum Gasteiger partial charge on any atom is -0.468 e. The third-order valence-corrected chi connectivity index (χ3v) is 4.18. The van der Waals surface area contributed by atoms with Gasteiger partial charge < -0.3 is 10.1 Å². The second-order valence-corrected chi connectivity index (χ2v) is 6.63. The summed E-state index contributed by atoms with van der Waals surface area (Å²) in [7, 11) is 1.44. The number of aryl methyl sites for hydroxylation is 2. The van der Waals surface area contributed by atoms with Crippen LogP contribution >= 0.6 is 0 Å². The van der Waals surface area contributed by atoms with E-state index in [0.29, 0.717) is 19.0 Å². The van der Waals surface area contributed by atoms with Crippen molar-refractivity contribution in [3.05, 3.63) is 29.3 Å². The van der Waals surface area contributed by atoms with Crippen molar-refractivity contribution in [3.63, 3.8) is 0 Å². The molecule has 1 saturated heterocycles. The Hall–Kier alpha value is -1.88. The maximum absolute atomic E-state index is 11.0. The molecule has 1 unspecified atom stereocenters. The fraction of sp³-hybridized carbons (Fsp3) is 0.652. The normalized spacial score (nSPS) is 15.4. The van der Waals surface area contributed by atoms with Gasteiger partial charge in [0.1, 0.15) is 0 Å². The number of amides is 1. The second-order valence-electron chi connectivity index (χ2n) is 6.63. The molecule has 1 aromatic rings. The Labute approximate surface area is 172 Å². The fourth-order valence-corrected chi connectivity index (χ4v) is 2.72. The smallest absolute Gasteiger partial charge is 0.319 e. The van der Waals surface area contributed by atoms with E-state index >= 15 is 0 Å². The molecule has 0 aromatic heterocycles. The molecule has 0 bridgehead atoms. The number of methoxy groups -OCH3 is 1. The lowest BCUT2D eigenvalue weighted by atomic mass is 10.0. The standard InChI is InChI=1S/C9H17NO2.C9H11NO.C3H8.C2H6/c1-8-5-3-4-6-10(8)7-9(11)12-2;1-7-4-3-5-8(2)9(7)10-6-11;1-3-2;1-2/h8H,3-7H2,1-2H3;3-6H,1-2H3,(H,10,11);3H2,1-2H3;1-2H3. The van der Waals surface area contributed by atoms with Gasteiger partial charge in [0.25, 0.3) is 0 Å². The van der Waals surface area contributed by atoms with Crippen LogP contribution in [0.25, 0.3) is 0 Å². The molecule has 0 spiro atoms. The van der Waals surface area contributed by atoms with Crippen molar-refractivity contribution >= 4 is 18.1 Å². The Bertz CT molecular complexity index is 512. The molecule has 1 aliphatic rings. The van der Waals surface area contributed by atoms with Gasteiger partial charge in [-0.1, -0.05) is 58.7 Å². The second kappa shape index (κ2) is 18.5. The number of piperidine rings is 1. The summed E-state index contributed by atoms with van der Waals surface area (Å²) in [5.41, 5.74) is 3.11. The average Bonchev–Trinajstić information content (AvgIpc) is 2.69. The Kier molecular flexibility index (Phi) is 18.7. The Morgan fingerprint density at radius 1 is 1.21 bits per heavy atom. The van der Waals surface area contributed by atoms with Crippen molar-refractivity contribution in [2.75, 3.05) is 25.5 Å². The lowest BCUT2D eigenvalue weighted by Gasteiger charge is -2.32. The van der Waals surface area contributed by atoms with Crippen molar-refractivity contribution < 1.29 is 14.3 Å². The summed E-state index contributed by atoms with van der Waals surface area (Å²) in [6.45, 7) is 15.9. The predicted molar refractivity (Wildman–Crippen MR) is 120 cm³/mol. The molecule has 1 aliphatic heterocycles. The molecule has 1 amide bonds. The number of nitrogens with one attached hydrogen (secondary N) is 1. The van der Waals surface area contributed by atoms with Crippen LogP contribution in [-0.2, 0) is 14.3 Å². The lowest BCUT2D eigenvalue weighted by Crippen LogP contribution is -2.41. The number of ether oxygens (including phenoxy) is 1. The van der Waals surface area contributed by atoms with Crippen LogP contribution in [0.5, 0.6) is 0 Å². The Morgan fingerprint density at radius 3 is 2.18 bits per heavy atom. The van der Waals surface area contributed by atoms with Gasteiger partial charge in [-0.15, -0.1) is 0 Å². The van der Waals surface area contributed by atoms with Crippen molar-refractivity contribution in [2.45, 2.75) is 80.2 Å². The van der Waals surface area contributed by atoms with Crippen molar-refractivity contribution in [3.8, 4) is 0 Å². The third-order valence-electron chi connectivity index (χ3n) is 4.18. The van der Waals surface area contributed by atoms with Gasteiger partial charge in [-0.3, -0.25) is 14.5 Å². The van der Waals surface area contributed by atoms with E-state index < -0.39 is 0 Å². The molecule has 1 heterocycles. The molecule has 1 fully saturated rings. The number of likely N-dealkylation sites (tertiary alicyclic amines) is 1. The third kappa shape index (κ3) is 12.5. The molecule has 1 atom stereocenters. The van der Waals surface area contributed by atoms with Crippen LogP contribution in [0.15, 0.2) is 18.2 Å². The number of carbonyl (C=O) groups excluding carboxylic acids is 2. The number of carbonyl (C=O) groups is 2. The Morgan fingerprint density at radius 2 is 1.75 bits per heavy atom. The molecule has 162 valence electrons. The van der Waals surface area contributed by atoms with E-state index in [2.05, 4.69) is 35.7 Å². The zero-order valence-corrected chi connectivity index (χ0v) is 19.3. The van der Waals surface area contributed by atoms with Crippen molar-refractivity contribution in [1.82, 2.24) is 4.90 Å². The van der Waals surface area contributed by atoms with Crippen LogP contribution in [0, 0.1) is 13.8 Å². The maximum atomic E-state index is 11.0. The van der Waals surface area contributed by atoms with E-state index in [1.165, 1.54) is 32.8 Å². The molecule has 0 aliphatic carbocycles. The fourth-order valence-electron chi connectivity index (χ4n) is 2.72. The molecule has 2 rings (SSSR count). The van der Waals surface area contributed by atoms with Crippen LogP contribution < -0.4 is 5.32 Å². The molecular weight excluding hydrogens is 352 g/mol. The molecule has 28 heavy (non-hydrogen) atoms. The lowest BCUT2D eigenvalue weighted by molar-refractivity contribution is -0.142. The quantitative estimate of drug-likeness (QED) is 0.552. The van der Waals surface area contributed by atoms with Gasteiger partial charge in [0.05, 0.1) is 13.7 Å². The minimum absolute atomic E-state index is 0.122.